The molecule has 0 aromatic carbocycles. The number of hydrazone groups is 1. The van der Waals surface area contributed by atoms with Gasteiger partial charge in [0.1, 0.15) is 5.82 Å². The standard InChI is InChI=1S/C10H13N3/c1-2-6-9(5-1)12-13-10-7-3-4-8-11-10/h3-4,7-8H,1-2,5-6H2,(H,11,13). The quantitative estimate of drug-likeness (QED) is 0.701. The number of pyridine rings is 1. The lowest BCUT2D eigenvalue weighted by atomic mass is 10.3. The third-order valence-corrected chi connectivity index (χ3v) is 2.17. The van der Waals surface area contributed by atoms with E-state index in [0.29, 0.717) is 0 Å². The van der Waals surface area contributed by atoms with Crippen LogP contribution in [0, 0.1) is 0 Å². The van der Waals surface area contributed by atoms with Crippen LogP contribution in [0.5, 0.6) is 0 Å². The molecule has 0 bridgehead atoms. The van der Waals surface area contributed by atoms with Crippen LogP contribution in [0.4, 0.5) is 5.82 Å². The molecule has 3 heteroatoms. The lowest BCUT2D eigenvalue weighted by Gasteiger charge is -1.99. The van der Waals surface area contributed by atoms with Crippen molar-refractivity contribution >= 4 is 11.5 Å². The Kier molecular flexibility index (Phi) is 2.55. The summed E-state index contributed by atoms with van der Waals surface area (Å²) in [5, 5.41) is 4.30. The van der Waals surface area contributed by atoms with Crippen molar-refractivity contribution in [2.24, 2.45) is 5.10 Å². The summed E-state index contributed by atoms with van der Waals surface area (Å²) in [4.78, 5) is 4.12. The maximum Gasteiger partial charge on any atom is 0.146 e. The van der Waals surface area contributed by atoms with Crippen molar-refractivity contribution in [2.75, 3.05) is 5.43 Å². The van der Waals surface area contributed by atoms with Crippen LogP contribution in [0.1, 0.15) is 25.7 Å². The molecule has 1 saturated carbocycles. The zero-order valence-electron chi connectivity index (χ0n) is 7.53. The summed E-state index contributed by atoms with van der Waals surface area (Å²) in [5.74, 6) is 0.821. The maximum atomic E-state index is 4.30. The average molecular weight is 175 g/mol. The van der Waals surface area contributed by atoms with E-state index in [1.165, 1.54) is 18.6 Å². The second-order valence-electron chi connectivity index (χ2n) is 3.21. The first-order valence-corrected chi connectivity index (χ1v) is 4.67. The number of nitrogens with one attached hydrogen (secondary N) is 1. The summed E-state index contributed by atoms with van der Waals surface area (Å²) in [6, 6.07) is 5.76. The monoisotopic (exact) mass is 175 g/mol. The number of anilines is 1. The van der Waals surface area contributed by atoms with Crippen molar-refractivity contribution in [3.8, 4) is 0 Å². The van der Waals surface area contributed by atoms with Gasteiger partial charge in [-0.2, -0.15) is 5.10 Å². The highest BCUT2D eigenvalue weighted by atomic mass is 15.3. The van der Waals surface area contributed by atoms with E-state index in [4.69, 9.17) is 0 Å². The molecule has 0 radical (unpaired) electrons. The van der Waals surface area contributed by atoms with E-state index in [1.807, 2.05) is 18.2 Å². The van der Waals surface area contributed by atoms with Gasteiger partial charge in [0.2, 0.25) is 0 Å². The Labute approximate surface area is 77.9 Å². The normalized spacial score (nSPS) is 15.8. The molecular formula is C10H13N3. The van der Waals surface area contributed by atoms with Crippen molar-refractivity contribution in [3.05, 3.63) is 24.4 Å². The average Bonchev–Trinajstić information content (AvgIpc) is 2.69. The Morgan fingerprint density at radius 1 is 1.23 bits per heavy atom. The number of rotatable bonds is 2. The number of hydrogen-bond acceptors (Lipinski definition) is 3. The second kappa shape index (κ2) is 4.03. The van der Waals surface area contributed by atoms with E-state index in [1.54, 1.807) is 6.20 Å². The van der Waals surface area contributed by atoms with Crippen molar-refractivity contribution in [1.82, 2.24) is 4.98 Å². The molecule has 1 aliphatic carbocycles. The molecule has 1 aromatic heterocycles. The number of hydrogen-bond donors (Lipinski definition) is 1. The summed E-state index contributed by atoms with van der Waals surface area (Å²) >= 11 is 0. The Bertz CT molecular complexity index is 284. The first-order valence-electron chi connectivity index (χ1n) is 4.67. The molecule has 0 amide bonds. The van der Waals surface area contributed by atoms with E-state index < -0.39 is 0 Å². The molecule has 1 N–H and O–H groups in total. The van der Waals surface area contributed by atoms with Crippen LogP contribution in [0.2, 0.25) is 0 Å². The highest BCUT2D eigenvalue weighted by Gasteiger charge is 2.07. The fourth-order valence-electron chi connectivity index (χ4n) is 1.46. The van der Waals surface area contributed by atoms with E-state index in [-0.39, 0.29) is 0 Å². The van der Waals surface area contributed by atoms with Crippen molar-refractivity contribution < 1.29 is 0 Å². The van der Waals surface area contributed by atoms with Gasteiger partial charge < -0.3 is 0 Å². The molecule has 0 aliphatic heterocycles. The van der Waals surface area contributed by atoms with Gasteiger partial charge in [-0.05, 0) is 37.8 Å². The first kappa shape index (κ1) is 8.23. The van der Waals surface area contributed by atoms with Gasteiger partial charge in [-0.15, -0.1) is 0 Å². The summed E-state index contributed by atoms with van der Waals surface area (Å²) in [6.07, 6.45) is 6.60. The van der Waals surface area contributed by atoms with Crippen molar-refractivity contribution in [2.45, 2.75) is 25.7 Å². The fraction of sp³-hybridized carbons (Fsp3) is 0.400. The fourth-order valence-corrected chi connectivity index (χ4v) is 1.46. The first-order chi connectivity index (χ1) is 6.45. The smallest absolute Gasteiger partial charge is 0.146 e. The molecule has 13 heavy (non-hydrogen) atoms. The molecule has 3 nitrogen and oxygen atoms in total. The summed E-state index contributed by atoms with van der Waals surface area (Å²) < 4.78 is 0. The second-order valence-corrected chi connectivity index (χ2v) is 3.21. The van der Waals surface area contributed by atoms with Gasteiger partial charge in [-0.1, -0.05) is 6.07 Å². The van der Waals surface area contributed by atoms with Gasteiger partial charge in [-0.25, -0.2) is 4.98 Å². The summed E-state index contributed by atoms with van der Waals surface area (Å²) in [6.45, 7) is 0. The molecule has 1 aliphatic rings. The zero-order valence-corrected chi connectivity index (χ0v) is 7.53. The highest BCUT2D eigenvalue weighted by molar-refractivity contribution is 5.86. The van der Waals surface area contributed by atoms with E-state index in [9.17, 15) is 0 Å². The van der Waals surface area contributed by atoms with Gasteiger partial charge in [0.25, 0.3) is 0 Å². The van der Waals surface area contributed by atoms with E-state index in [2.05, 4.69) is 15.5 Å². The minimum absolute atomic E-state index is 0.821. The van der Waals surface area contributed by atoms with Gasteiger partial charge in [0.05, 0.1) is 0 Å². The molecule has 1 fully saturated rings. The van der Waals surface area contributed by atoms with Crippen LogP contribution in [0.3, 0.4) is 0 Å². The molecule has 68 valence electrons. The molecule has 1 aromatic rings. The van der Waals surface area contributed by atoms with Crippen LogP contribution < -0.4 is 5.43 Å². The molecule has 0 atom stereocenters. The Morgan fingerprint density at radius 2 is 2.08 bits per heavy atom. The zero-order chi connectivity index (χ0) is 8.93. The van der Waals surface area contributed by atoms with Crippen LogP contribution in [0.15, 0.2) is 29.5 Å². The van der Waals surface area contributed by atoms with Crippen LogP contribution in [0.25, 0.3) is 0 Å². The topological polar surface area (TPSA) is 37.3 Å². The van der Waals surface area contributed by atoms with Gasteiger partial charge >= 0.3 is 0 Å². The molecule has 0 unspecified atom stereocenters. The summed E-state index contributed by atoms with van der Waals surface area (Å²) in [7, 11) is 0. The van der Waals surface area contributed by atoms with E-state index in [0.717, 1.165) is 18.7 Å². The predicted molar refractivity (Wildman–Crippen MR) is 53.8 cm³/mol. The Balaban J connectivity index is 1.95. The largest absolute Gasteiger partial charge is 0.261 e. The Hall–Kier alpha value is -1.38. The van der Waals surface area contributed by atoms with E-state index >= 15 is 0 Å². The number of aromatic nitrogens is 1. The molecule has 0 saturated heterocycles. The summed E-state index contributed by atoms with van der Waals surface area (Å²) in [5.41, 5.74) is 4.23. The lowest BCUT2D eigenvalue weighted by Crippen LogP contribution is -1.97. The van der Waals surface area contributed by atoms with Gasteiger partial charge in [0.15, 0.2) is 0 Å². The lowest BCUT2D eigenvalue weighted by molar-refractivity contribution is 0.886. The predicted octanol–water partition coefficient (Wildman–Crippen LogP) is 2.42. The van der Waals surface area contributed by atoms with Gasteiger partial charge in [-0.3, -0.25) is 5.43 Å². The molecular weight excluding hydrogens is 162 g/mol. The van der Waals surface area contributed by atoms with Crippen LogP contribution in [-0.4, -0.2) is 10.7 Å². The molecule has 0 spiro atoms. The van der Waals surface area contributed by atoms with Crippen LogP contribution >= 0.6 is 0 Å². The van der Waals surface area contributed by atoms with Crippen molar-refractivity contribution in [1.29, 1.82) is 0 Å². The van der Waals surface area contributed by atoms with Crippen LogP contribution in [-0.2, 0) is 0 Å². The minimum atomic E-state index is 0.821. The SMILES string of the molecule is c1ccc(NN=C2CCCC2)nc1. The third kappa shape index (κ3) is 2.28. The maximum absolute atomic E-state index is 4.30. The third-order valence-electron chi connectivity index (χ3n) is 2.17. The Morgan fingerprint density at radius 3 is 2.77 bits per heavy atom. The molecule has 1 heterocycles. The van der Waals surface area contributed by atoms with Crippen molar-refractivity contribution in [3.63, 3.8) is 0 Å². The molecule has 2 rings (SSSR count). The van der Waals surface area contributed by atoms with Gasteiger partial charge in [0, 0.05) is 11.9 Å². The highest BCUT2D eigenvalue weighted by Crippen LogP contribution is 2.14. The number of nitrogens with zero attached hydrogens (tertiary/aromatic N) is 2. The minimum Gasteiger partial charge on any atom is -0.261 e.